The quantitative estimate of drug-likeness (QED) is 0.434. The van der Waals surface area contributed by atoms with Gasteiger partial charge in [0.1, 0.15) is 0 Å². The van der Waals surface area contributed by atoms with E-state index in [0.717, 1.165) is 16.7 Å². The summed E-state index contributed by atoms with van der Waals surface area (Å²) in [4.78, 5) is 0. The Kier molecular flexibility index (Phi) is 4.33. The molecule has 0 heterocycles. The van der Waals surface area contributed by atoms with Crippen molar-refractivity contribution in [2.75, 3.05) is 0 Å². The van der Waals surface area contributed by atoms with E-state index in [9.17, 15) is 5.11 Å². The van der Waals surface area contributed by atoms with Crippen molar-refractivity contribution >= 4 is 10.8 Å². The lowest BCUT2D eigenvalue weighted by molar-refractivity contribution is 0.0792. The van der Waals surface area contributed by atoms with Crippen molar-refractivity contribution in [2.24, 2.45) is 0 Å². The van der Waals surface area contributed by atoms with Gasteiger partial charge in [-0.25, -0.2) is 0 Å². The molecule has 0 aromatic heterocycles. The molecule has 1 heteroatoms. The Morgan fingerprint density at radius 1 is 0.667 bits per heavy atom. The largest absolute Gasteiger partial charge is 0.386 e. The highest BCUT2D eigenvalue weighted by atomic mass is 16.3. The van der Waals surface area contributed by atoms with Crippen molar-refractivity contribution in [1.82, 2.24) is 0 Å². The van der Waals surface area contributed by atoms with Gasteiger partial charge in [0, 0.05) is 0 Å². The fourth-order valence-electron chi connectivity index (χ4n) is 3.82. The molecule has 4 aromatic carbocycles. The van der Waals surface area contributed by atoms with Gasteiger partial charge in [-0.1, -0.05) is 78.9 Å². The molecule has 0 unspecified atom stereocenters. The summed E-state index contributed by atoms with van der Waals surface area (Å²) in [7, 11) is 0. The molecule has 4 rings (SSSR count). The molecule has 0 aliphatic carbocycles. The molecule has 0 saturated carbocycles. The summed E-state index contributed by atoms with van der Waals surface area (Å²) in [5, 5.41) is 13.4. The zero-order valence-corrected chi connectivity index (χ0v) is 16.0. The Hall–Kier alpha value is -2.90. The molecule has 0 spiro atoms. The number of aryl methyl sites for hydroxylation is 1. The summed E-state index contributed by atoms with van der Waals surface area (Å²) in [6, 6.07) is 29.5. The topological polar surface area (TPSA) is 20.2 Å². The third-order valence-electron chi connectivity index (χ3n) is 5.19. The van der Waals surface area contributed by atoms with E-state index in [4.69, 9.17) is 0 Å². The van der Waals surface area contributed by atoms with Crippen LogP contribution in [0.4, 0.5) is 0 Å². The molecule has 0 radical (unpaired) electrons. The van der Waals surface area contributed by atoms with Gasteiger partial charge >= 0.3 is 0 Å². The molecule has 1 N–H and O–H groups in total. The van der Waals surface area contributed by atoms with E-state index >= 15 is 0 Å². The highest BCUT2D eigenvalue weighted by Crippen LogP contribution is 2.39. The van der Waals surface area contributed by atoms with Gasteiger partial charge in [0.15, 0.2) is 0 Å². The van der Waals surface area contributed by atoms with Gasteiger partial charge in [-0.15, -0.1) is 0 Å². The highest BCUT2D eigenvalue weighted by Gasteiger charge is 2.23. The van der Waals surface area contributed by atoms with Crippen molar-refractivity contribution in [2.45, 2.75) is 26.4 Å². The molecule has 1 nitrogen and oxygen atoms in total. The number of aliphatic hydroxyl groups is 1. The van der Waals surface area contributed by atoms with E-state index in [0.29, 0.717) is 0 Å². The van der Waals surface area contributed by atoms with Crippen molar-refractivity contribution in [1.29, 1.82) is 0 Å². The summed E-state index contributed by atoms with van der Waals surface area (Å²) in [6.45, 7) is 5.87. The first-order valence-electron chi connectivity index (χ1n) is 9.36. The van der Waals surface area contributed by atoms with Crippen LogP contribution in [0.15, 0.2) is 84.9 Å². The van der Waals surface area contributed by atoms with Gasteiger partial charge in [0.05, 0.1) is 5.60 Å². The maximum atomic E-state index is 10.9. The lowest BCUT2D eigenvalue weighted by Crippen LogP contribution is -2.17. The van der Waals surface area contributed by atoms with Crippen LogP contribution >= 0.6 is 0 Å². The third kappa shape index (κ3) is 3.27. The van der Waals surface area contributed by atoms with E-state index in [1.807, 2.05) is 32.0 Å². The van der Waals surface area contributed by atoms with Gasteiger partial charge in [-0.05, 0) is 71.0 Å². The van der Waals surface area contributed by atoms with Crippen LogP contribution in [0.2, 0.25) is 0 Å². The average molecular weight is 352 g/mol. The number of hydrogen-bond acceptors (Lipinski definition) is 1. The Morgan fingerprint density at radius 2 is 1.33 bits per heavy atom. The number of fused-ring (bicyclic) bond motifs is 1. The number of hydrogen-bond donors (Lipinski definition) is 1. The highest BCUT2D eigenvalue weighted by molar-refractivity contribution is 5.98. The van der Waals surface area contributed by atoms with Gasteiger partial charge in [0.2, 0.25) is 0 Å². The molecule has 134 valence electrons. The predicted octanol–water partition coefficient (Wildman–Crippen LogP) is 6.71. The van der Waals surface area contributed by atoms with E-state index < -0.39 is 5.60 Å². The van der Waals surface area contributed by atoms with Crippen molar-refractivity contribution in [3.05, 3.63) is 96.1 Å². The van der Waals surface area contributed by atoms with Gasteiger partial charge in [-0.2, -0.15) is 0 Å². The summed E-state index contributed by atoms with van der Waals surface area (Å²) < 4.78 is 0. The number of rotatable bonds is 3. The summed E-state index contributed by atoms with van der Waals surface area (Å²) in [5.74, 6) is 0. The van der Waals surface area contributed by atoms with Crippen LogP contribution in [0.25, 0.3) is 33.0 Å². The molecular weight excluding hydrogens is 328 g/mol. The van der Waals surface area contributed by atoms with Crippen molar-refractivity contribution < 1.29 is 5.11 Å². The Labute approximate surface area is 160 Å². The first-order chi connectivity index (χ1) is 12.9. The maximum absolute atomic E-state index is 10.9. The van der Waals surface area contributed by atoms with Crippen LogP contribution in [-0.4, -0.2) is 5.11 Å². The fraction of sp³-hybridized carbons (Fsp3) is 0.154. The predicted molar refractivity (Wildman–Crippen MR) is 115 cm³/mol. The van der Waals surface area contributed by atoms with E-state index in [1.54, 1.807) is 0 Å². The smallest absolute Gasteiger partial charge is 0.0846 e. The average Bonchev–Trinajstić information content (AvgIpc) is 2.67. The second-order valence-electron chi connectivity index (χ2n) is 7.66. The first-order valence-corrected chi connectivity index (χ1v) is 9.36. The molecule has 4 aromatic rings. The van der Waals surface area contributed by atoms with E-state index in [-0.39, 0.29) is 0 Å². The van der Waals surface area contributed by atoms with Crippen LogP contribution in [0.5, 0.6) is 0 Å². The number of benzene rings is 4. The van der Waals surface area contributed by atoms with Crippen LogP contribution < -0.4 is 0 Å². The van der Waals surface area contributed by atoms with Crippen molar-refractivity contribution in [3.8, 4) is 22.3 Å². The Bertz CT molecular complexity index is 1100. The third-order valence-corrected chi connectivity index (χ3v) is 5.19. The second kappa shape index (κ2) is 6.68. The van der Waals surface area contributed by atoms with Crippen LogP contribution in [0, 0.1) is 6.92 Å². The Balaban J connectivity index is 2.01. The lowest BCUT2D eigenvalue weighted by Gasteiger charge is -2.24. The molecular formula is C26H24O. The van der Waals surface area contributed by atoms with Crippen LogP contribution in [0.3, 0.4) is 0 Å². The maximum Gasteiger partial charge on any atom is 0.0846 e. The summed E-state index contributed by atoms with van der Waals surface area (Å²) in [5.41, 5.74) is 5.81. The molecule has 0 fully saturated rings. The zero-order valence-electron chi connectivity index (χ0n) is 16.0. The Morgan fingerprint density at radius 3 is 2.07 bits per heavy atom. The van der Waals surface area contributed by atoms with Crippen molar-refractivity contribution in [3.63, 3.8) is 0 Å². The molecule has 0 aliphatic rings. The van der Waals surface area contributed by atoms with Gasteiger partial charge in [-0.3, -0.25) is 0 Å². The minimum Gasteiger partial charge on any atom is -0.386 e. The van der Waals surface area contributed by atoms with E-state index in [1.165, 1.54) is 27.5 Å². The fourth-order valence-corrected chi connectivity index (χ4v) is 3.82. The molecule has 0 bridgehead atoms. The molecule has 27 heavy (non-hydrogen) atoms. The van der Waals surface area contributed by atoms with Crippen LogP contribution in [0.1, 0.15) is 25.0 Å². The first kappa shape index (κ1) is 17.5. The monoisotopic (exact) mass is 352 g/mol. The standard InChI is InChI=1S/C26H24O/c1-18-16-24(20-10-5-4-6-11-20)25(26(2,3)27)17-23(18)22-15-9-13-19-12-7-8-14-21(19)22/h4-17,27H,1-3H3. The SMILES string of the molecule is Cc1cc(-c2ccccc2)c(C(C)(C)O)cc1-c1cccc2ccccc12. The minimum absolute atomic E-state index is 0.932. The van der Waals surface area contributed by atoms with Gasteiger partial charge in [0.25, 0.3) is 0 Å². The molecule has 0 amide bonds. The van der Waals surface area contributed by atoms with Gasteiger partial charge < -0.3 is 5.11 Å². The normalized spacial score (nSPS) is 11.7. The van der Waals surface area contributed by atoms with Crippen LogP contribution in [-0.2, 0) is 5.60 Å². The molecule has 0 atom stereocenters. The summed E-state index contributed by atoms with van der Waals surface area (Å²) >= 11 is 0. The summed E-state index contributed by atoms with van der Waals surface area (Å²) in [6.07, 6.45) is 0. The zero-order chi connectivity index (χ0) is 19.0. The lowest BCUT2D eigenvalue weighted by atomic mass is 9.84. The second-order valence-corrected chi connectivity index (χ2v) is 7.66. The molecule has 0 saturated heterocycles. The minimum atomic E-state index is -0.932. The van der Waals surface area contributed by atoms with E-state index in [2.05, 4.69) is 73.7 Å². The molecule has 0 aliphatic heterocycles.